The molecular formula is C23H25I3O. The van der Waals surface area contributed by atoms with Gasteiger partial charge in [0.15, 0.2) is 5.78 Å². The molecule has 0 atom stereocenters. The van der Waals surface area contributed by atoms with Crippen molar-refractivity contribution in [2.24, 2.45) is 0 Å². The Morgan fingerprint density at radius 1 is 0.852 bits per heavy atom. The topological polar surface area (TPSA) is 17.1 Å². The van der Waals surface area contributed by atoms with E-state index in [4.69, 9.17) is 0 Å². The minimum atomic E-state index is 0.0601. The Balaban J connectivity index is 1.88. The number of rotatable bonds is 10. The van der Waals surface area contributed by atoms with Crippen molar-refractivity contribution < 1.29 is 4.79 Å². The van der Waals surface area contributed by atoms with Crippen LogP contribution in [-0.2, 0) is 6.42 Å². The number of carbonyl (C=O) groups excluding carboxylic acids is 1. The first-order chi connectivity index (χ1) is 13.0. The number of halogens is 3. The van der Waals surface area contributed by atoms with E-state index in [1.54, 1.807) is 6.08 Å². The van der Waals surface area contributed by atoms with Crippen LogP contribution in [0, 0.1) is 10.7 Å². The average molecular weight is 698 g/mol. The van der Waals surface area contributed by atoms with E-state index in [0.29, 0.717) is 0 Å². The van der Waals surface area contributed by atoms with E-state index in [0.717, 1.165) is 24.7 Å². The van der Waals surface area contributed by atoms with Crippen LogP contribution in [0.5, 0.6) is 0 Å². The number of carbonyl (C=O) groups is 1. The van der Waals surface area contributed by atoms with Crippen LogP contribution in [0.15, 0.2) is 42.5 Å². The second-order valence-corrected chi connectivity index (χ2v) is 10.00. The van der Waals surface area contributed by atoms with Crippen LogP contribution in [0.4, 0.5) is 0 Å². The Morgan fingerprint density at radius 3 is 2.22 bits per heavy atom. The van der Waals surface area contributed by atoms with Crippen molar-refractivity contribution in [1.29, 1.82) is 0 Å². The fraction of sp³-hybridized carbons (Fsp3) is 0.348. The molecule has 0 bridgehead atoms. The van der Waals surface area contributed by atoms with Crippen molar-refractivity contribution in [3.63, 3.8) is 0 Å². The van der Waals surface area contributed by atoms with Crippen LogP contribution in [0.25, 0.3) is 6.08 Å². The first-order valence-electron chi connectivity index (χ1n) is 9.47. The van der Waals surface area contributed by atoms with Gasteiger partial charge in [-0.3, -0.25) is 4.79 Å². The third-order valence-corrected chi connectivity index (χ3v) is 9.73. The molecule has 0 aliphatic carbocycles. The minimum Gasteiger partial charge on any atom is -0.289 e. The molecule has 27 heavy (non-hydrogen) atoms. The molecule has 144 valence electrons. The highest BCUT2D eigenvalue weighted by Crippen LogP contribution is 2.25. The lowest BCUT2D eigenvalue weighted by atomic mass is 10.0. The Labute approximate surface area is 204 Å². The third kappa shape index (κ3) is 7.76. The van der Waals surface area contributed by atoms with Gasteiger partial charge in [-0.15, -0.1) is 0 Å². The zero-order valence-corrected chi connectivity index (χ0v) is 22.1. The predicted octanol–water partition coefficient (Wildman–Crippen LogP) is 8.30. The first-order valence-corrected chi connectivity index (χ1v) is 12.7. The van der Waals surface area contributed by atoms with E-state index in [1.165, 1.54) is 47.7 Å². The quantitative estimate of drug-likeness (QED) is 0.0803. The number of ketones is 1. The Bertz CT molecular complexity index is 779. The molecule has 2 aromatic rings. The summed E-state index contributed by atoms with van der Waals surface area (Å²) >= 11 is 6.86. The molecule has 4 heteroatoms. The summed E-state index contributed by atoms with van der Waals surface area (Å²) in [4.78, 5) is 12.5. The van der Waals surface area contributed by atoms with Crippen LogP contribution < -0.4 is 0 Å². The maximum absolute atomic E-state index is 12.5. The molecule has 1 nitrogen and oxygen atoms in total. The molecule has 0 saturated heterocycles. The van der Waals surface area contributed by atoms with Crippen molar-refractivity contribution in [2.75, 3.05) is 0 Å². The normalized spacial score (nSPS) is 11.3. The van der Waals surface area contributed by atoms with Gasteiger partial charge in [0, 0.05) is 16.3 Å². The molecule has 0 N–H and O–H groups in total. The minimum absolute atomic E-state index is 0.0601. The summed E-state index contributed by atoms with van der Waals surface area (Å²) < 4.78 is 3.36. The first kappa shape index (κ1) is 23.3. The molecule has 0 aliphatic heterocycles. The summed E-state index contributed by atoms with van der Waals surface area (Å²) in [6, 6.07) is 12.5. The lowest BCUT2D eigenvalue weighted by Gasteiger charge is -2.05. The molecule has 0 fully saturated rings. The standard InChI is InChI=1S/C23H25I3O/c1-2-3-4-5-6-7-8-17-9-11-18(12-10-17)13-16-21(27)19-14-15-20(24)23(26)22(19)25/h9-16H,2-8H2,1H3. The van der Waals surface area contributed by atoms with Gasteiger partial charge in [0.2, 0.25) is 0 Å². The predicted molar refractivity (Wildman–Crippen MR) is 141 cm³/mol. The lowest BCUT2D eigenvalue weighted by molar-refractivity contribution is 0.104. The van der Waals surface area contributed by atoms with Gasteiger partial charge < -0.3 is 0 Å². The van der Waals surface area contributed by atoms with E-state index in [2.05, 4.69) is 99.0 Å². The van der Waals surface area contributed by atoms with Crippen LogP contribution in [0.2, 0.25) is 0 Å². The van der Waals surface area contributed by atoms with Gasteiger partial charge in [0.25, 0.3) is 0 Å². The summed E-state index contributed by atoms with van der Waals surface area (Å²) in [5, 5.41) is 0. The maximum atomic E-state index is 12.5. The highest BCUT2D eigenvalue weighted by Gasteiger charge is 2.11. The van der Waals surface area contributed by atoms with E-state index < -0.39 is 0 Å². The maximum Gasteiger partial charge on any atom is 0.186 e. The number of hydrogen-bond acceptors (Lipinski definition) is 1. The molecule has 0 heterocycles. The van der Waals surface area contributed by atoms with Crippen molar-refractivity contribution in [1.82, 2.24) is 0 Å². The Morgan fingerprint density at radius 2 is 1.52 bits per heavy atom. The van der Waals surface area contributed by atoms with Crippen LogP contribution in [0.3, 0.4) is 0 Å². The molecule has 0 radical (unpaired) electrons. The van der Waals surface area contributed by atoms with Gasteiger partial charge >= 0.3 is 0 Å². The van der Waals surface area contributed by atoms with E-state index in [1.807, 2.05) is 18.2 Å². The summed E-state index contributed by atoms with van der Waals surface area (Å²) in [6.07, 6.45) is 12.7. The fourth-order valence-corrected chi connectivity index (χ4v) is 5.05. The average Bonchev–Trinajstić information content (AvgIpc) is 2.68. The molecule has 0 amide bonds. The molecular weight excluding hydrogens is 673 g/mol. The summed E-state index contributed by atoms with van der Waals surface area (Å²) in [6.45, 7) is 2.26. The number of benzene rings is 2. The number of aryl methyl sites for hydroxylation is 1. The van der Waals surface area contributed by atoms with Gasteiger partial charge in [-0.25, -0.2) is 0 Å². The van der Waals surface area contributed by atoms with Crippen molar-refractivity contribution in [3.05, 3.63) is 69.9 Å². The number of hydrogen-bond donors (Lipinski definition) is 0. The van der Waals surface area contributed by atoms with E-state index >= 15 is 0 Å². The number of allylic oxidation sites excluding steroid dienone is 1. The van der Waals surface area contributed by atoms with E-state index in [9.17, 15) is 4.79 Å². The van der Waals surface area contributed by atoms with Gasteiger partial charge in [0.1, 0.15) is 0 Å². The highest BCUT2D eigenvalue weighted by atomic mass is 127. The van der Waals surface area contributed by atoms with Crippen molar-refractivity contribution in [2.45, 2.75) is 51.9 Å². The zero-order chi connectivity index (χ0) is 19.6. The van der Waals surface area contributed by atoms with E-state index in [-0.39, 0.29) is 5.78 Å². The molecule has 0 aliphatic rings. The molecule has 0 unspecified atom stereocenters. The van der Waals surface area contributed by atoms with Crippen LogP contribution in [-0.4, -0.2) is 5.78 Å². The summed E-state index contributed by atoms with van der Waals surface area (Å²) in [7, 11) is 0. The lowest BCUT2D eigenvalue weighted by Crippen LogP contribution is -2.01. The molecule has 2 aromatic carbocycles. The Hall–Kier alpha value is 0.0400. The smallest absolute Gasteiger partial charge is 0.186 e. The molecule has 0 aromatic heterocycles. The second kappa shape index (κ2) is 12.6. The van der Waals surface area contributed by atoms with Crippen molar-refractivity contribution >= 4 is 79.6 Å². The molecule has 0 saturated carbocycles. The molecule has 2 rings (SSSR count). The summed E-state index contributed by atoms with van der Waals surface area (Å²) in [5.41, 5.74) is 3.23. The van der Waals surface area contributed by atoms with Gasteiger partial charge in [-0.1, -0.05) is 69.4 Å². The number of unbranched alkanes of at least 4 members (excludes halogenated alkanes) is 5. The molecule has 0 spiro atoms. The summed E-state index contributed by atoms with van der Waals surface area (Å²) in [5.74, 6) is 0.0601. The third-order valence-electron chi connectivity index (χ3n) is 4.53. The Kier molecular flexibility index (Phi) is 10.9. The zero-order valence-electron chi connectivity index (χ0n) is 15.6. The highest BCUT2D eigenvalue weighted by molar-refractivity contribution is 14.1. The van der Waals surface area contributed by atoms with Gasteiger partial charge in [-0.2, -0.15) is 0 Å². The monoisotopic (exact) mass is 698 g/mol. The fourth-order valence-electron chi connectivity index (χ4n) is 2.88. The van der Waals surface area contributed by atoms with Gasteiger partial charge in [0.05, 0.1) is 0 Å². The SMILES string of the molecule is CCCCCCCCc1ccc(C=CC(=O)c2ccc(I)c(I)c2I)cc1. The van der Waals surface area contributed by atoms with Crippen LogP contribution in [0.1, 0.15) is 66.9 Å². The van der Waals surface area contributed by atoms with Gasteiger partial charge in [-0.05, 0) is 110 Å². The van der Waals surface area contributed by atoms with Crippen molar-refractivity contribution in [3.8, 4) is 0 Å². The second-order valence-electron chi connectivity index (χ2n) is 6.68. The van der Waals surface area contributed by atoms with Crippen LogP contribution >= 0.6 is 67.8 Å². The largest absolute Gasteiger partial charge is 0.289 e.